The summed E-state index contributed by atoms with van der Waals surface area (Å²) in [5.74, 6) is -0.532. The third kappa shape index (κ3) is 3.91. The normalized spacial score (nSPS) is 22.0. The summed E-state index contributed by atoms with van der Waals surface area (Å²) < 4.78 is 30.8. The van der Waals surface area contributed by atoms with Crippen molar-refractivity contribution in [3.05, 3.63) is 23.8 Å². The summed E-state index contributed by atoms with van der Waals surface area (Å²) in [6.45, 7) is 9.71. The minimum Gasteiger partial charge on any atom is -0.444 e. The fourth-order valence-electron chi connectivity index (χ4n) is 3.17. The molecule has 0 radical (unpaired) electrons. The van der Waals surface area contributed by atoms with Crippen LogP contribution in [-0.2, 0) is 20.8 Å². The van der Waals surface area contributed by atoms with Gasteiger partial charge in [0, 0.05) is 19.3 Å². The molecule has 2 aliphatic heterocycles. The molecule has 1 N–H and O–H groups in total. The molecule has 144 valence electrons. The number of alkyl carbamates (subject to hydrolysis) is 1. The molecule has 1 aromatic rings. The van der Waals surface area contributed by atoms with E-state index in [4.69, 9.17) is 14.2 Å². The number of hydrogen-bond acceptors (Lipinski definition) is 6. The molecule has 7 nitrogen and oxygen atoms in total. The van der Waals surface area contributed by atoms with Gasteiger partial charge in [0.2, 0.25) is 5.95 Å². The Morgan fingerprint density at radius 1 is 1.50 bits per heavy atom. The second-order valence-electron chi connectivity index (χ2n) is 7.78. The monoisotopic (exact) mass is 367 g/mol. The fraction of sp³-hybridized carbons (Fsp3) is 0.667. The average molecular weight is 367 g/mol. The average Bonchev–Trinajstić information content (AvgIpc) is 2.51. The van der Waals surface area contributed by atoms with Crippen molar-refractivity contribution in [1.82, 2.24) is 10.3 Å². The number of hydrogen-bond donors (Lipinski definition) is 1. The van der Waals surface area contributed by atoms with E-state index in [1.165, 1.54) is 6.20 Å². The summed E-state index contributed by atoms with van der Waals surface area (Å²) in [4.78, 5) is 17.6. The third-order valence-corrected chi connectivity index (χ3v) is 4.67. The van der Waals surface area contributed by atoms with E-state index in [1.807, 2.05) is 11.8 Å². The molecule has 1 amide bonds. The Morgan fingerprint density at radius 2 is 2.23 bits per heavy atom. The van der Waals surface area contributed by atoms with Crippen molar-refractivity contribution in [2.75, 3.05) is 31.3 Å². The van der Waals surface area contributed by atoms with E-state index in [1.54, 1.807) is 26.8 Å². The Morgan fingerprint density at radius 3 is 2.85 bits per heavy atom. The van der Waals surface area contributed by atoms with Crippen molar-refractivity contribution in [3.63, 3.8) is 0 Å². The molecular weight excluding hydrogens is 341 g/mol. The van der Waals surface area contributed by atoms with E-state index in [-0.39, 0.29) is 18.2 Å². The predicted molar refractivity (Wildman–Crippen MR) is 93.6 cm³/mol. The van der Waals surface area contributed by atoms with Gasteiger partial charge in [-0.3, -0.25) is 0 Å². The lowest BCUT2D eigenvalue weighted by Gasteiger charge is -2.53. The van der Waals surface area contributed by atoms with Gasteiger partial charge >= 0.3 is 6.09 Å². The zero-order valence-corrected chi connectivity index (χ0v) is 15.7. The second-order valence-corrected chi connectivity index (χ2v) is 7.78. The van der Waals surface area contributed by atoms with Crippen LogP contribution in [0.3, 0.4) is 0 Å². The van der Waals surface area contributed by atoms with Crippen molar-refractivity contribution < 1.29 is 23.4 Å². The van der Waals surface area contributed by atoms with Gasteiger partial charge in [-0.2, -0.15) is 4.39 Å². The maximum Gasteiger partial charge on any atom is 0.407 e. The lowest BCUT2D eigenvalue weighted by molar-refractivity contribution is -0.228. The highest BCUT2D eigenvalue weighted by Gasteiger charge is 2.50. The van der Waals surface area contributed by atoms with Crippen molar-refractivity contribution in [2.24, 2.45) is 0 Å². The quantitative estimate of drug-likeness (QED) is 0.826. The lowest BCUT2D eigenvalue weighted by atomic mass is 9.90. The van der Waals surface area contributed by atoms with E-state index >= 15 is 0 Å². The first-order chi connectivity index (χ1) is 12.2. The van der Waals surface area contributed by atoms with Gasteiger partial charge in [0.25, 0.3) is 0 Å². The molecule has 8 heteroatoms. The summed E-state index contributed by atoms with van der Waals surface area (Å²) >= 11 is 0. The Hall–Kier alpha value is -1.93. The fourth-order valence-corrected chi connectivity index (χ4v) is 3.17. The maximum atomic E-state index is 14.4. The van der Waals surface area contributed by atoms with Crippen molar-refractivity contribution in [3.8, 4) is 0 Å². The molecule has 3 rings (SSSR count). The van der Waals surface area contributed by atoms with Gasteiger partial charge < -0.3 is 24.4 Å². The molecule has 0 bridgehead atoms. The van der Waals surface area contributed by atoms with Crippen LogP contribution in [0.1, 0.15) is 33.3 Å². The van der Waals surface area contributed by atoms with Crippen molar-refractivity contribution in [1.29, 1.82) is 0 Å². The number of aromatic nitrogens is 1. The number of nitrogens with zero attached hydrogens (tertiary/aromatic N) is 2. The Labute approximate surface area is 152 Å². The summed E-state index contributed by atoms with van der Waals surface area (Å²) in [6.07, 6.45) is 0.900. The summed E-state index contributed by atoms with van der Waals surface area (Å²) in [7, 11) is 0. The Balaban J connectivity index is 1.70. The van der Waals surface area contributed by atoms with E-state index in [2.05, 4.69) is 10.3 Å². The predicted octanol–water partition coefficient (Wildman–Crippen LogP) is 2.24. The number of ether oxygens (including phenoxy) is 3. The van der Waals surface area contributed by atoms with Gasteiger partial charge in [-0.25, -0.2) is 9.78 Å². The minimum absolute atomic E-state index is 0.0321. The van der Waals surface area contributed by atoms with Crippen LogP contribution in [0, 0.1) is 5.95 Å². The van der Waals surface area contributed by atoms with Crippen LogP contribution in [0.25, 0.3) is 0 Å². The molecule has 1 atom stereocenters. The van der Waals surface area contributed by atoms with Gasteiger partial charge in [-0.15, -0.1) is 0 Å². The van der Waals surface area contributed by atoms with Gasteiger partial charge in [-0.05, 0) is 39.3 Å². The standard InChI is InChI=1S/C18H26FN3O4/c1-12-18(10-24-11-18)25-6-5-22(12)14-7-13(8-20-15(14)19)9-21-16(23)26-17(2,3)4/h7-8,12H,5-6,9-11H2,1-4H3,(H,21,23). The number of rotatable bonds is 3. The molecule has 26 heavy (non-hydrogen) atoms. The van der Waals surface area contributed by atoms with Crippen LogP contribution >= 0.6 is 0 Å². The van der Waals surface area contributed by atoms with Crippen LogP contribution in [0.4, 0.5) is 14.9 Å². The van der Waals surface area contributed by atoms with Crippen molar-refractivity contribution >= 4 is 11.8 Å². The Kier molecular flexibility index (Phi) is 5.07. The molecule has 1 unspecified atom stereocenters. The number of amides is 1. The van der Waals surface area contributed by atoms with Crippen LogP contribution in [-0.4, -0.2) is 54.7 Å². The molecule has 2 saturated heterocycles. The first kappa shape index (κ1) is 18.8. The first-order valence-corrected chi connectivity index (χ1v) is 8.80. The van der Waals surface area contributed by atoms with E-state index in [0.717, 1.165) is 0 Å². The highest BCUT2D eigenvalue weighted by molar-refractivity contribution is 5.67. The van der Waals surface area contributed by atoms with Crippen molar-refractivity contribution in [2.45, 2.75) is 51.5 Å². The number of carbonyl (C=O) groups excluding carboxylic acids is 1. The number of anilines is 1. The van der Waals surface area contributed by atoms with E-state index in [9.17, 15) is 9.18 Å². The zero-order valence-electron chi connectivity index (χ0n) is 15.7. The summed E-state index contributed by atoms with van der Waals surface area (Å²) in [6, 6.07) is 1.68. The SMILES string of the molecule is CC1N(c2cc(CNC(=O)OC(C)(C)C)cnc2F)CCOC12COC2. The second kappa shape index (κ2) is 7.00. The lowest BCUT2D eigenvalue weighted by Crippen LogP contribution is -2.68. The van der Waals surface area contributed by atoms with Crippen LogP contribution < -0.4 is 10.2 Å². The summed E-state index contributed by atoms with van der Waals surface area (Å²) in [5, 5.41) is 2.67. The molecule has 2 aliphatic rings. The topological polar surface area (TPSA) is 72.9 Å². The molecule has 0 aliphatic carbocycles. The van der Waals surface area contributed by atoms with Crippen LogP contribution in [0.5, 0.6) is 0 Å². The number of pyridine rings is 1. The number of carbonyl (C=O) groups is 1. The van der Waals surface area contributed by atoms with E-state index in [0.29, 0.717) is 37.6 Å². The molecule has 0 saturated carbocycles. The Bertz CT molecular complexity index is 673. The number of nitrogens with one attached hydrogen (secondary N) is 1. The maximum absolute atomic E-state index is 14.4. The summed E-state index contributed by atoms with van der Waals surface area (Å²) in [5.41, 5.74) is 0.161. The molecule has 1 spiro atoms. The van der Waals surface area contributed by atoms with Gasteiger partial charge in [0.1, 0.15) is 11.2 Å². The highest BCUT2D eigenvalue weighted by atomic mass is 19.1. The van der Waals surface area contributed by atoms with Gasteiger partial charge in [0.05, 0.1) is 31.5 Å². The highest BCUT2D eigenvalue weighted by Crippen LogP contribution is 2.35. The molecule has 1 aromatic heterocycles. The smallest absolute Gasteiger partial charge is 0.407 e. The molecule has 2 fully saturated rings. The molecule has 0 aromatic carbocycles. The molecule has 3 heterocycles. The first-order valence-electron chi connectivity index (χ1n) is 8.80. The molecular formula is C18H26FN3O4. The zero-order chi connectivity index (χ0) is 18.9. The van der Waals surface area contributed by atoms with Crippen LogP contribution in [0.2, 0.25) is 0 Å². The number of halogens is 1. The van der Waals surface area contributed by atoms with E-state index < -0.39 is 17.6 Å². The van der Waals surface area contributed by atoms with Gasteiger partial charge in [0.15, 0.2) is 0 Å². The van der Waals surface area contributed by atoms with Gasteiger partial charge in [-0.1, -0.05) is 0 Å². The van der Waals surface area contributed by atoms with Crippen LogP contribution in [0.15, 0.2) is 12.3 Å². The number of morpholine rings is 1. The minimum atomic E-state index is -0.571. The largest absolute Gasteiger partial charge is 0.444 e. The third-order valence-electron chi connectivity index (χ3n) is 4.67.